The van der Waals surface area contributed by atoms with Gasteiger partial charge in [0, 0.05) is 18.3 Å². The Morgan fingerprint density at radius 3 is 2.74 bits per heavy atom. The van der Waals surface area contributed by atoms with E-state index in [0.29, 0.717) is 18.2 Å². The summed E-state index contributed by atoms with van der Waals surface area (Å²) in [7, 11) is -3.57. The molecule has 0 spiro atoms. The number of nitrogens with zero attached hydrogens (tertiary/aromatic N) is 2. The molecule has 1 saturated heterocycles. The molecular formula is C13H15N3O2S. The van der Waals surface area contributed by atoms with Crippen molar-refractivity contribution in [2.24, 2.45) is 5.92 Å². The predicted molar refractivity (Wildman–Crippen MR) is 70.6 cm³/mol. The average Bonchev–Trinajstić information content (AvgIpc) is 3.00. The molecule has 1 aliphatic heterocycles. The lowest BCUT2D eigenvalue weighted by molar-refractivity contribution is 0.333. The molecule has 2 atom stereocenters. The van der Waals surface area contributed by atoms with Crippen LogP contribution in [0, 0.1) is 17.2 Å². The molecular weight excluding hydrogens is 262 g/mol. The number of benzene rings is 1. The summed E-state index contributed by atoms with van der Waals surface area (Å²) in [5.41, 5.74) is 6.13. The first kappa shape index (κ1) is 12.5. The Labute approximate surface area is 112 Å². The van der Waals surface area contributed by atoms with E-state index in [1.54, 1.807) is 4.31 Å². The van der Waals surface area contributed by atoms with Gasteiger partial charge in [-0.25, -0.2) is 8.42 Å². The number of nitrogen functional groups attached to an aromatic ring is 1. The van der Waals surface area contributed by atoms with Crippen molar-refractivity contribution in [1.82, 2.24) is 4.31 Å². The normalized spacial score (nSPS) is 26.5. The van der Waals surface area contributed by atoms with E-state index in [4.69, 9.17) is 11.0 Å². The summed E-state index contributed by atoms with van der Waals surface area (Å²) in [5.74, 6) is 0.485. The van der Waals surface area contributed by atoms with Crippen molar-refractivity contribution in [3.05, 3.63) is 23.8 Å². The van der Waals surface area contributed by atoms with E-state index >= 15 is 0 Å². The number of nitrogens with two attached hydrogens (primary N) is 1. The van der Waals surface area contributed by atoms with Gasteiger partial charge >= 0.3 is 0 Å². The first-order valence-corrected chi connectivity index (χ1v) is 7.78. The second-order valence-corrected chi connectivity index (χ2v) is 7.13. The molecule has 1 aliphatic carbocycles. The highest BCUT2D eigenvalue weighted by molar-refractivity contribution is 7.89. The molecule has 1 aromatic carbocycles. The van der Waals surface area contributed by atoms with Crippen molar-refractivity contribution in [2.75, 3.05) is 12.3 Å². The molecule has 19 heavy (non-hydrogen) atoms. The summed E-state index contributed by atoms with van der Waals surface area (Å²) < 4.78 is 26.9. The van der Waals surface area contributed by atoms with Gasteiger partial charge in [0.05, 0.1) is 5.56 Å². The predicted octanol–water partition coefficient (Wildman–Crippen LogP) is 1.31. The van der Waals surface area contributed by atoms with Crippen molar-refractivity contribution >= 4 is 15.7 Å². The molecule has 2 unspecified atom stereocenters. The highest BCUT2D eigenvalue weighted by atomic mass is 32.2. The standard InChI is InChI=1S/C13H15N3O2S/c14-7-10-6-11(15)2-4-13(10)19(17,18)16-8-9-1-3-12(16)5-9/h2,4,6,9,12H,1,3,5,8,15H2. The molecule has 0 aromatic heterocycles. The minimum absolute atomic E-state index is 0.0803. The van der Waals surface area contributed by atoms with Crippen molar-refractivity contribution < 1.29 is 8.42 Å². The zero-order chi connectivity index (χ0) is 13.6. The SMILES string of the molecule is N#Cc1cc(N)ccc1S(=O)(=O)N1CC2CCC1C2. The van der Waals surface area contributed by atoms with Crippen LogP contribution in [0.25, 0.3) is 0 Å². The zero-order valence-corrected chi connectivity index (χ0v) is 11.2. The fourth-order valence-electron chi connectivity index (χ4n) is 3.16. The van der Waals surface area contributed by atoms with E-state index < -0.39 is 10.0 Å². The van der Waals surface area contributed by atoms with E-state index in [1.165, 1.54) is 18.2 Å². The number of piperidine rings is 1. The number of anilines is 1. The molecule has 2 fully saturated rings. The number of fused-ring (bicyclic) bond motifs is 2. The largest absolute Gasteiger partial charge is 0.399 e. The Hall–Kier alpha value is -1.58. The van der Waals surface area contributed by atoms with Crippen molar-refractivity contribution in [3.63, 3.8) is 0 Å². The molecule has 0 amide bonds. The average molecular weight is 277 g/mol. The van der Waals surface area contributed by atoms with Gasteiger partial charge in [0.15, 0.2) is 0 Å². The third-order valence-corrected chi connectivity index (χ3v) is 6.05. The lowest BCUT2D eigenvalue weighted by Gasteiger charge is -2.26. The first-order chi connectivity index (χ1) is 9.02. The van der Waals surface area contributed by atoms with Crippen LogP contribution in [0.15, 0.2) is 23.1 Å². The number of rotatable bonds is 2. The number of sulfonamides is 1. The number of hydrogen-bond acceptors (Lipinski definition) is 4. The third kappa shape index (κ3) is 1.90. The van der Waals surface area contributed by atoms with E-state index in [9.17, 15) is 8.42 Å². The van der Waals surface area contributed by atoms with Gasteiger partial charge in [-0.15, -0.1) is 0 Å². The van der Waals surface area contributed by atoms with E-state index in [2.05, 4.69) is 0 Å². The van der Waals surface area contributed by atoms with Gasteiger partial charge in [0.1, 0.15) is 11.0 Å². The Bertz CT molecular complexity index is 663. The number of nitriles is 1. The highest BCUT2D eigenvalue weighted by Gasteiger charge is 2.44. The second-order valence-electron chi connectivity index (χ2n) is 5.28. The quantitative estimate of drug-likeness (QED) is 0.826. The van der Waals surface area contributed by atoms with Crippen LogP contribution in [0.1, 0.15) is 24.8 Å². The lowest BCUT2D eigenvalue weighted by atomic mass is 10.1. The molecule has 0 radical (unpaired) electrons. The Morgan fingerprint density at radius 1 is 1.37 bits per heavy atom. The van der Waals surface area contributed by atoms with Gasteiger partial charge in [-0.05, 0) is 43.4 Å². The fraction of sp³-hybridized carbons (Fsp3) is 0.462. The molecule has 3 rings (SSSR count). The van der Waals surface area contributed by atoms with E-state index in [-0.39, 0.29) is 16.5 Å². The summed E-state index contributed by atoms with van der Waals surface area (Å²) in [4.78, 5) is 0.0803. The van der Waals surface area contributed by atoms with E-state index in [0.717, 1.165) is 19.3 Å². The fourth-order valence-corrected chi connectivity index (χ4v) is 5.03. The number of hydrogen-bond donors (Lipinski definition) is 1. The van der Waals surface area contributed by atoms with E-state index in [1.807, 2.05) is 6.07 Å². The summed E-state index contributed by atoms with van der Waals surface area (Å²) in [5, 5.41) is 9.09. The maximum absolute atomic E-state index is 12.6. The van der Waals surface area contributed by atoms with Crippen LogP contribution in [0.4, 0.5) is 5.69 Å². The molecule has 5 nitrogen and oxygen atoms in total. The third-order valence-electron chi connectivity index (χ3n) is 4.07. The Balaban J connectivity index is 2.04. The van der Waals surface area contributed by atoms with Crippen LogP contribution in [-0.4, -0.2) is 25.3 Å². The zero-order valence-electron chi connectivity index (χ0n) is 10.4. The van der Waals surface area contributed by atoms with Gasteiger partial charge in [0.2, 0.25) is 10.0 Å². The van der Waals surface area contributed by atoms with Crippen LogP contribution >= 0.6 is 0 Å². The summed E-state index contributed by atoms with van der Waals surface area (Å²) in [6.45, 7) is 0.586. The maximum atomic E-state index is 12.6. The van der Waals surface area contributed by atoms with Crippen molar-refractivity contribution in [1.29, 1.82) is 5.26 Å². The lowest BCUT2D eigenvalue weighted by Crippen LogP contribution is -2.37. The minimum Gasteiger partial charge on any atom is -0.399 e. The topological polar surface area (TPSA) is 87.2 Å². The van der Waals surface area contributed by atoms with Crippen LogP contribution in [0.2, 0.25) is 0 Å². The first-order valence-electron chi connectivity index (χ1n) is 6.34. The highest BCUT2D eigenvalue weighted by Crippen LogP contribution is 2.40. The van der Waals surface area contributed by atoms with Gasteiger partial charge in [-0.2, -0.15) is 9.57 Å². The molecule has 1 saturated carbocycles. The van der Waals surface area contributed by atoms with Crippen LogP contribution in [0.5, 0.6) is 0 Å². The van der Waals surface area contributed by atoms with Gasteiger partial charge in [-0.3, -0.25) is 0 Å². The molecule has 2 bridgehead atoms. The van der Waals surface area contributed by atoms with Crippen molar-refractivity contribution in [3.8, 4) is 6.07 Å². The monoisotopic (exact) mass is 277 g/mol. The smallest absolute Gasteiger partial charge is 0.244 e. The molecule has 6 heteroatoms. The van der Waals surface area contributed by atoms with Crippen LogP contribution in [0.3, 0.4) is 0 Å². The second kappa shape index (κ2) is 4.22. The molecule has 1 heterocycles. The molecule has 100 valence electrons. The molecule has 1 aromatic rings. The van der Waals surface area contributed by atoms with Gasteiger partial charge < -0.3 is 5.73 Å². The van der Waals surface area contributed by atoms with Crippen LogP contribution < -0.4 is 5.73 Å². The summed E-state index contributed by atoms with van der Waals surface area (Å²) in [6.07, 6.45) is 3.00. The summed E-state index contributed by atoms with van der Waals surface area (Å²) >= 11 is 0. The Morgan fingerprint density at radius 2 is 2.16 bits per heavy atom. The maximum Gasteiger partial charge on any atom is 0.244 e. The molecule has 2 aliphatic rings. The van der Waals surface area contributed by atoms with Gasteiger partial charge in [0.25, 0.3) is 0 Å². The van der Waals surface area contributed by atoms with Crippen LogP contribution in [-0.2, 0) is 10.0 Å². The summed E-state index contributed by atoms with van der Waals surface area (Å²) in [6, 6.07) is 6.42. The Kier molecular flexibility index (Phi) is 2.77. The van der Waals surface area contributed by atoms with Gasteiger partial charge in [-0.1, -0.05) is 0 Å². The molecule has 2 N–H and O–H groups in total. The minimum atomic E-state index is -3.57. The van der Waals surface area contributed by atoms with Crippen molar-refractivity contribution in [2.45, 2.75) is 30.2 Å².